The number of aryl methyl sites for hydroxylation is 2. The molecule has 2 aromatic heterocycles. The summed E-state index contributed by atoms with van der Waals surface area (Å²) in [5.74, 6) is 0.326. The second-order valence-corrected chi connectivity index (χ2v) is 5.28. The van der Waals surface area contributed by atoms with Crippen LogP contribution in [0.4, 0.5) is 19.1 Å². The molecule has 0 unspecified atom stereocenters. The quantitative estimate of drug-likeness (QED) is 0.788. The monoisotopic (exact) mass is 350 g/mol. The molecule has 0 bridgehead atoms. The fourth-order valence-corrected chi connectivity index (χ4v) is 2.07. The maximum atomic E-state index is 12.6. The zero-order chi connectivity index (χ0) is 18.2. The molecule has 0 fully saturated rings. The molecular formula is C15H13F3N6O. The molecule has 7 nitrogen and oxygen atoms in total. The number of nitrogens with one attached hydrogen (secondary N) is 1. The lowest BCUT2D eigenvalue weighted by atomic mass is 10.2. The summed E-state index contributed by atoms with van der Waals surface area (Å²) in [6.07, 6.45) is -1.68. The Morgan fingerprint density at radius 2 is 1.88 bits per heavy atom. The van der Waals surface area contributed by atoms with Crippen LogP contribution in [0.2, 0.25) is 0 Å². The normalized spacial score (nSPS) is 11.6. The van der Waals surface area contributed by atoms with Crippen molar-refractivity contribution in [2.45, 2.75) is 13.1 Å². The van der Waals surface area contributed by atoms with Gasteiger partial charge in [0.15, 0.2) is 0 Å². The molecule has 0 spiro atoms. The summed E-state index contributed by atoms with van der Waals surface area (Å²) in [6, 6.07) is 4.47. The van der Waals surface area contributed by atoms with Gasteiger partial charge in [0, 0.05) is 13.2 Å². The van der Waals surface area contributed by atoms with Gasteiger partial charge >= 0.3 is 6.18 Å². The molecule has 0 aliphatic carbocycles. The number of rotatable bonds is 3. The van der Waals surface area contributed by atoms with Crippen LogP contribution < -0.4 is 5.32 Å². The Morgan fingerprint density at radius 3 is 2.44 bits per heavy atom. The van der Waals surface area contributed by atoms with Gasteiger partial charge in [0.05, 0.1) is 23.0 Å². The van der Waals surface area contributed by atoms with Crippen LogP contribution in [0.1, 0.15) is 21.7 Å². The molecule has 25 heavy (non-hydrogen) atoms. The Kier molecular flexibility index (Phi) is 4.03. The standard InChI is InChI=1S/C15H13F3N6O/c1-9-20-14(22-23(9)2)21-13(25)10-7-19-24(8-10)12-5-3-11(4-6-12)15(16,17)18/h3-8H,1-2H3,(H,21,22,25). The third kappa shape index (κ3) is 3.52. The zero-order valence-corrected chi connectivity index (χ0v) is 13.2. The maximum absolute atomic E-state index is 12.6. The third-order valence-electron chi connectivity index (χ3n) is 3.51. The number of nitrogens with zero attached hydrogens (tertiary/aromatic N) is 5. The van der Waals surface area contributed by atoms with E-state index in [1.807, 2.05) is 0 Å². The average Bonchev–Trinajstić information content (AvgIpc) is 3.14. The summed E-state index contributed by atoms with van der Waals surface area (Å²) in [7, 11) is 1.70. The number of carbonyl (C=O) groups is 1. The summed E-state index contributed by atoms with van der Waals surface area (Å²) in [5, 5.41) is 10.5. The fraction of sp³-hybridized carbons (Fsp3) is 0.200. The maximum Gasteiger partial charge on any atom is 0.416 e. The van der Waals surface area contributed by atoms with Gasteiger partial charge in [0.25, 0.3) is 5.91 Å². The Hall–Kier alpha value is -3.17. The molecule has 0 saturated carbocycles. The van der Waals surface area contributed by atoms with Crippen molar-refractivity contribution in [3.63, 3.8) is 0 Å². The zero-order valence-electron chi connectivity index (χ0n) is 13.2. The predicted molar refractivity (Wildman–Crippen MR) is 82.3 cm³/mol. The molecule has 10 heteroatoms. The Balaban J connectivity index is 1.76. The molecule has 1 amide bonds. The summed E-state index contributed by atoms with van der Waals surface area (Å²) in [6.45, 7) is 1.74. The first-order chi connectivity index (χ1) is 11.7. The summed E-state index contributed by atoms with van der Waals surface area (Å²) < 4.78 is 40.6. The first-order valence-corrected chi connectivity index (χ1v) is 7.15. The van der Waals surface area contributed by atoms with Crippen molar-refractivity contribution in [1.29, 1.82) is 0 Å². The van der Waals surface area contributed by atoms with Gasteiger partial charge in [0.1, 0.15) is 5.82 Å². The van der Waals surface area contributed by atoms with Crippen LogP contribution in [-0.2, 0) is 13.2 Å². The molecule has 0 saturated heterocycles. The number of hydrogen-bond donors (Lipinski definition) is 1. The van der Waals surface area contributed by atoms with E-state index in [1.54, 1.807) is 14.0 Å². The van der Waals surface area contributed by atoms with Crippen LogP contribution in [0.25, 0.3) is 5.69 Å². The van der Waals surface area contributed by atoms with Crippen LogP contribution in [-0.4, -0.2) is 30.5 Å². The van der Waals surface area contributed by atoms with Gasteiger partial charge in [-0.3, -0.25) is 14.8 Å². The summed E-state index contributed by atoms with van der Waals surface area (Å²) in [5.41, 5.74) is -0.123. The Labute approximate surface area is 140 Å². The van der Waals surface area contributed by atoms with Crippen LogP contribution in [0.3, 0.4) is 0 Å². The van der Waals surface area contributed by atoms with Crippen molar-refractivity contribution in [1.82, 2.24) is 24.5 Å². The van der Waals surface area contributed by atoms with E-state index in [0.29, 0.717) is 11.5 Å². The van der Waals surface area contributed by atoms with Crippen molar-refractivity contribution in [3.8, 4) is 5.69 Å². The van der Waals surface area contributed by atoms with Crippen molar-refractivity contribution in [3.05, 3.63) is 53.6 Å². The van der Waals surface area contributed by atoms with Crippen molar-refractivity contribution >= 4 is 11.9 Å². The molecular weight excluding hydrogens is 337 g/mol. The smallest absolute Gasteiger partial charge is 0.289 e. The largest absolute Gasteiger partial charge is 0.416 e. The highest BCUT2D eigenvalue weighted by atomic mass is 19.4. The van der Waals surface area contributed by atoms with Crippen LogP contribution in [0.15, 0.2) is 36.7 Å². The number of halogens is 3. The number of hydrogen-bond acceptors (Lipinski definition) is 4. The van der Waals surface area contributed by atoms with Gasteiger partial charge in [-0.1, -0.05) is 0 Å². The van der Waals surface area contributed by atoms with E-state index in [2.05, 4.69) is 20.5 Å². The van der Waals surface area contributed by atoms with Crippen LogP contribution >= 0.6 is 0 Å². The lowest BCUT2D eigenvalue weighted by Crippen LogP contribution is -2.12. The van der Waals surface area contributed by atoms with E-state index in [4.69, 9.17) is 0 Å². The van der Waals surface area contributed by atoms with E-state index in [0.717, 1.165) is 12.1 Å². The lowest BCUT2D eigenvalue weighted by molar-refractivity contribution is -0.137. The van der Waals surface area contributed by atoms with Crippen LogP contribution in [0.5, 0.6) is 0 Å². The molecule has 0 radical (unpaired) electrons. The molecule has 2 heterocycles. The topological polar surface area (TPSA) is 77.6 Å². The number of alkyl halides is 3. The van der Waals surface area contributed by atoms with Crippen LogP contribution in [0, 0.1) is 6.92 Å². The molecule has 1 aromatic carbocycles. The predicted octanol–water partition coefficient (Wildman–Crippen LogP) is 2.58. The second-order valence-electron chi connectivity index (χ2n) is 5.28. The minimum absolute atomic E-state index is 0.160. The SMILES string of the molecule is Cc1nc(NC(=O)c2cnn(-c3ccc(C(F)(F)F)cc3)c2)nn1C. The molecule has 0 aliphatic rings. The number of aromatic nitrogens is 5. The molecule has 3 aromatic rings. The number of carbonyl (C=O) groups excluding carboxylic acids is 1. The number of amides is 1. The molecule has 130 valence electrons. The second kappa shape index (κ2) is 6.04. The van der Waals surface area contributed by atoms with Gasteiger partial charge < -0.3 is 0 Å². The van der Waals surface area contributed by atoms with Gasteiger partial charge in [-0.25, -0.2) is 4.68 Å². The molecule has 0 aliphatic heterocycles. The Morgan fingerprint density at radius 1 is 1.20 bits per heavy atom. The molecule has 3 rings (SSSR count). The van der Waals surface area contributed by atoms with E-state index < -0.39 is 17.6 Å². The minimum atomic E-state index is -4.40. The van der Waals surface area contributed by atoms with Gasteiger partial charge in [-0.15, -0.1) is 5.10 Å². The van der Waals surface area contributed by atoms with Crippen molar-refractivity contribution < 1.29 is 18.0 Å². The lowest BCUT2D eigenvalue weighted by Gasteiger charge is -2.07. The van der Waals surface area contributed by atoms with Gasteiger partial charge in [-0.05, 0) is 31.2 Å². The van der Waals surface area contributed by atoms with Gasteiger partial charge in [-0.2, -0.15) is 23.3 Å². The van der Waals surface area contributed by atoms with E-state index in [1.165, 1.54) is 33.9 Å². The average molecular weight is 350 g/mol. The van der Waals surface area contributed by atoms with Gasteiger partial charge in [0.2, 0.25) is 5.95 Å². The highest BCUT2D eigenvalue weighted by molar-refractivity contribution is 6.03. The molecule has 1 N–H and O–H groups in total. The van der Waals surface area contributed by atoms with Crippen molar-refractivity contribution in [2.75, 3.05) is 5.32 Å². The summed E-state index contributed by atoms with van der Waals surface area (Å²) >= 11 is 0. The van der Waals surface area contributed by atoms with E-state index in [9.17, 15) is 18.0 Å². The number of benzene rings is 1. The Bertz CT molecular complexity index is 891. The number of anilines is 1. The van der Waals surface area contributed by atoms with Crippen molar-refractivity contribution in [2.24, 2.45) is 7.05 Å². The highest BCUT2D eigenvalue weighted by Crippen LogP contribution is 2.29. The minimum Gasteiger partial charge on any atom is -0.289 e. The third-order valence-corrected chi connectivity index (χ3v) is 3.51. The first-order valence-electron chi connectivity index (χ1n) is 7.15. The fourth-order valence-electron chi connectivity index (χ4n) is 2.07. The van der Waals surface area contributed by atoms with E-state index in [-0.39, 0.29) is 11.5 Å². The highest BCUT2D eigenvalue weighted by Gasteiger charge is 2.30. The first kappa shape index (κ1) is 16.7. The molecule has 0 atom stereocenters. The summed E-state index contributed by atoms with van der Waals surface area (Å²) in [4.78, 5) is 16.2. The van der Waals surface area contributed by atoms with E-state index >= 15 is 0 Å².